The fourth-order valence-corrected chi connectivity index (χ4v) is 4.34. The van der Waals surface area contributed by atoms with Gasteiger partial charge in [-0.3, -0.25) is 0 Å². The molecule has 0 amide bonds. The normalized spacial score (nSPS) is 18.2. The summed E-state index contributed by atoms with van der Waals surface area (Å²) in [6.45, 7) is 0.518. The molecule has 5 nitrogen and oxygen atoms in total. The molecule has 0 spiro atoms. The van der Waals surface area contributed by atoms with Crippen molar-refractivity contribution < 1.29 is 14.6 Å². The number of nitrogens with two attached hydrogens (primary N) is 1. The number of phenols is 1. The largest absolute Gasteiger partial charge is 0.508 e. The van der Waals surface area contributed by atoms with E-state index in [2.05, 4.69) is 29.4 Å². The molecule has 2 heterocycles. The van der Waals surface area contributed by atoms with Crippen LogP contribution in [0.5, 0.6) is 17.2 Å². The molecule has 4 N–H and O–H groups in total. The van der Waals surface area contributed by atoms with Crippen molar-refractivity contribution in [1.82, 2.24) is 4.98 Å². The number of benzene rings is 3. The van der Waals surface area contributed by atoms with Gasteiger partial charge in [-0.1, -0.05) is 18.2 Å². The highest BCUT2D eigenvalue weighted by Gasteiger charge is 2.35. The Morgan fingerprint density at radius 1 is 1.03 bits per heavy atom. The zero-order valence-electron chi connectivity index (χ0n) is 16.1. The van der Waals surface area contributed by atoms with Gasteiger partial charge < -0.3 is 25.3 Å². The number of H-pyrrole nitrogens is 1. The first-order valence-corrected chi connectivity index (χ1v) is 9.60. The van der Waals surface area contributed by atoms with Crippen molar-refractivity contribution in [2.45, 2.75) is 11.8 Å². The average molecular weight is 386 g/mol. The lowest BCUT2D eigenvalue weighted by Gasteiger charge is -2.34. The van der Waals surface area contributed by atoms with Gasteiger partial charge in [0, 0.05) is 52.3 Å². The van der Waals surface area contributed by atoms with Crippen molar-refractivity contribution >= 4 is 16.6 Å². The summed E-state index contributed by atoms with van der Waals surface area (Å²) in [5.41, 5.74) is 11.1. The van der Waals surface area contributed by atoms with E-state index >= 15 is 0 Å². The molecule has 0 aliphatic carbocycles. The SMILES string of the molecule is COc1ccc2c(C3COc4cc(O)ccc4C3c3ccc(N)cc3)c[nH]c2c1. The van der Waals surface area contributed by atoms with Gasteiger partial charge in [0.1, 0.15) is 17.2 Å². The van der Waals surface area contributed by atoms with Crippen LogP contribution in [0, 0.1) is 0 Å². The number of methoxy groups -OCH3 is 1. The van der Waals surface area contributed by atoms with Gasteiger partial charge in [0.15, 0.2) is 0 Å². The van der Waals surface area contributed by atoms with E-state index in [9.17, 15) is 5.11 Å². The van der Waals surface area contributed by atoms with Gasteiger partial charge >= 0.3 is 0 Å². The highest BCUT2D eigenvalue weighted by Crippen LogP contribution is 2.48. The fraction of sp³-hybridized carbons (Fsp3) is 0.167. The Morgan fingerprint density at radius 3 is 2.66 bits per heavy atom. The molecule has 1 aliphatic heterocycles. The number of aromatic hydroxyl groups is 1. The van der Waals surface area contributed by atoms with Crippen LogP contribution in [0.15, 0.2) is 66.9 Å². The third-order valence-electron chi connectivity index (χ3n) is 5.77. The molecule has 0 saturated carbocycles. The summed E-state index contributed by atoms with van der Waals surface area (Å²) < 4.78 is 11.4. The third kappa shape index (κ3) is 2.95. The highest BCUT2D eigenvalue weighted by atomic mass is 16.5. The predicted molar refractivity (Wildman–Crippen MR) is 114 cm³/mol. The molecule has 2 atom stereocenters. The van der Waals surface area contributed by atoms with E-state index in [-0.39, 0.29) is 17.6 Å². The van der Waals surface area contributed by atoms with E-state index in [1.165, 1.54) is 11.1 Å². The summed E-state index contributed by atoms with van der Waals surface area (Å²) >= 11 is 0. The van der Waals surface area contributed by atoms with Gasteiger partial charge in [-0.25, -0.2) is 0 Å². The first kappa shape index (κ1) is 17.5. The Bertz CT molecular complexity index is 1180. The monoisotopic (exact) mass is 386 g/mol. The van der Waals surface area contributed by atoms with Gasteiger partial charge in [0.05, 0.1) is 13.7 Å². The molecular weight excluding hydrogens is 364 g/mol. The number of aromatic nitrogens is 1. The van der Waals surface area contributed by atoms with Gasteiger partial charge in [-0.2, -0.15) is 0 Å². The average Bonchev–Trinajstić information content (AvgIpc) is 3.16. The molecule has 0 radical (unpaired) electrons. The lowest BCUT2D eigenvalue weighted by atomic mass is 9.76. The number of fused-ring (bicyclic) bond motifs is 2. The third-order valence-corrected chi connectivity index (χ3v) is 5.77. The van der Waals surface area contributed by atoms with Crippen LogP contribution in [0.4, 0.5) is 5.69 Å². The molecule has 5 heteroatoms. The second-order valence-corrected chi connectivity index (χ2v) is 7.44. The maximum absolute atomic E-state index is 9.91. The van der Waals surface area contributed by atoms with E-state index in [0.29, 0.717) is 6.61 Å². The lowest BCUT2D eigenvalue weighted by Crippen LogP contribution is -2.25. The topological polar surface area (TPSA) is 80.5 Å². The molecule has 4 aromatic rings. The smallest absolute Gasteiger partial charge is 0.126 e. The van der Waals surface area contributed by atoms with Crippen LogP contribution in [0.3, 0.4) is 0 Å². The minimum absolute atomic E-state index is 0.0843. The number of nitrogens with one attached hydrogen (secondary N) is 1. The number of rotatable bonds is 3. The Kier molecular flexibility index (Phi) is 4.09. The maximum atomic E-state index is 9.91. The molecule has 29 heavy (non-hydrogen) atoms. The Labute approximate surface area is 168 Å². The first-order valence-electron chi connectivity index (χ1n) is 9.60. The van der Waals surface area contributed by atoms with Crippen LogP contribution in [0.25, 0.3) is 10.9 Å². The van der Waals surface area contributed by atoms with Crippen molar-refractivity contribution in [1.29, 1.82) is 0 Å². The van der Waals surface area contributed by atoms with Crippen LogP contribution in [-0.2, 0) is 0 Å². The predicted octanol–water partition coefficient (Wildman–Crippen LogP) is 4.77. The van der Waals surface area contributed by atoms with Gasteiger partial charge in [0.25, 0.3) is 0 Å². The zero-order valence-corrected chi connectivity index (χ0v) is 16.1. The summed E-state index contributed by atoms with van der Waals surface area (Å²) in [5, 5.41) is 11.1. The molecule has 2 unspecified atom stereocenters. The summed E-state index contributed by atoms with van der Waals surface area (Å²) in [6, 6.07) is 19.5. The van der Waals surface area contributed by atoms with E-state index in [4.69, 9.17) is 15.2 Å². The molecule has 3 aromatic carbocycles. The van der Waals surface area contributed by atoms with E-state index in [0.717, 1.165) is 33.7 Å². The quantitative estimate of drug-likeness (QED) is 0.443. The lowest BCUT2D eigenvalue weighted by molar-refractivity contribution is 0.248. The summed E-state index contributed by atoms with van der Waals surface area (Å²) in [7, 11) is 1.67. The van der Waals surface area contributed by atoms with Gasteiger partial charge in [-0.05, 0) is 41.5 Å². The number of aromatic amines is 1. The van der Waals surface area contributed by atoms with Crippen molar-refractivity contribution in [2.24, 2.45) is 0 Å². The first-order chi connectivity index (χ1) is 14.1. The molecule has 1 aromatic heterocycles. The molecule has 146 valence electrons. The summed E-state index contributed by atoms with van der Waals surface area (Å²) in [5.74, 6) is 1.95. The van der Waals surface area contributed by atoms with E-state index in [1.54, 1.807) is 19.2 Å². The number of hydrogen-bond donors (Lipinski definition) is 3. The molecule has 0 bridgehead atoms. The van der Waals surface area contributed by atoms with Gasteiger partial charge in [0.2, 0.25) is 0 Å². The molecule has 0 fully saturated rings. The van der Waals surface area contributed by atoms with Crippen molar-refractivity contribution in [2.75, 3.05) is 19.5 Å². The summed E-state index contributed by atoms with van der Waals surface area (Å²) in [4.78, 5) is 3.38. The molecular formula is C24H22N2O3. The maximum Gasteiger partial charge on any atom is 0.126 e. The second kappa shape index (κ2) is 6.78. The van der Waals surface area contributed by atoms with Crippen molar-refractivity contribution in [3.05, 3.63) is 83.6 Å². The molecule has 1 aliphatic rings. The van der Waals surface area contributed by atoms with E-state index < -0.39 is 0 Å². The van der Waals surface area contributed by atoms with Crippen LogP contribution in [0.2, 0.25) is 0 Å². The Balaban J connectivity index is 1.67. The standard InChI is InChI=1S/C24H22N2O3/c1-28-17-7-9-18-20(12-26-22(18)11-17)21-13-29-23-10-16(27)6-8-19(23)24(21)14-2-4-15(25)5-3-14/h2-12,21,24,26-27H,13,25H2,1H3. The number of anilines is 1. The highest BCUT2D eigenvalue weighted by molar-refractivity contribution is 5.85. The van der Waals surface area contributed by atoms with Gasteiger partial charge in [-0.15, -0.1) is 0 Å². The zero-order chi connectivity index (χ0) is 20.0. The second-order valence-electron chi connectivity index (χ2n) is 7.44. The minimum atomic E-state index is 0.0843. The Hall–Kier alpha value is -3.60. The van der Waals surface area contributed by atoms with Crippen LogP contribution in [0.1, 0.15) is 28.5 Å². The van der Waals surface area contributed by atoms with E-state index in [1.807, 2.05) is 30.3 Å². The van der Waals surface area contributed by atoms with Crippen LogP contribution >= 0.6 is 0 Å². The molecule has 0 saturated heterocycles. The number of phenolic OH excluding ortho intramolecular Hbond substituents is 1. The number of ether oxygens (including phenoxy) is 2. The van der Waals surface area contributed by atoms with Crippen molar-refractivity contribution in [3.63, 3.8) is 0 Å². The molecule has 5 rings (SSSR count). The minimum Gasteiger partial charge on any atom is -0.508 e. The number of nitrogen functional groups attached to an aromatic ring is 1. The van der Waals surface area contributed by atoms with Crippen LogP contribution < -0.4 is 15.2 Å². The Morgan fingerprint density at radius 2 is 1.86 bits per heavy atom. The fourth-order valence-electron chi connectivity index (χ4n) is 4.34. The summed E-state index contributed by atoms with van der Waals surface area (Å²) in [6.07, 6.45) is 2.06. The van der Waals surface area contributed by atoms with Crippen LogP contribution in [-0.4, -0.2) is 23.8 Å². The number of hydrogen-bond acceptors (Lipinski definition) is 4. The van der Waals surface area contributed by atoms with Crippen molar-refractivity contribution in [3.8, 4) is 17.2 Å².